The summed E-state index contributed by atoms with van der Waals surface area (Å²) < 4.78 is 13.8. The highest BCUT2D eigenvalue weighted by Gasteiger charge is 2.15. The summed E-state index contributed by atoms with van der Waals surface area (Å²) in [4.78, 5) is 3.82. The minimum Gasteiger partial charge on any atom is -0.310 e. The number of aryl methyl sites for hydroxylation is 1. The average Bonchev–Trinajstić information content (AvgIpc) is 2.93. The molecule has 0 radical (unpaired) electrons. The summed E-state index contributed by atoms with van der Waals surface area (Å²) >= 11 is 1.70. The molecule has 19 heavy (non-hydrogen) atoms. The van der Waals surface area contributed by atoms with Crippen LogP contribution in [0.5, 0.6) is 0 Å². The smallest absolute Gasteiger partial charge is 0.146 e. The van der Waals surface area contributed by atoms with Crippen LogP contribution in [0.4, 0.5) is 4.39 Å². The third-order valence-corrected chi connectivity index (χ3v) is 3.85. The van der Waals surface area contributed by atoms with Crippen molar-refractivity contribution >= 4 is 11.3 Å². The van der Waals surface area contributed by atoms with Crippen molar-refractivity contribution in [1.29, 1.82) is 0 Å². The quantitative estimate of drug-likeness (QED) is 0.829. The Morgan fingerprint density at radius 3 is 3.00 bits per heavy atom. The molecule has 0 fully saturated rings. The van der Waals surface area contributed by atoms with Gasteiger partial charge in [0, 0.05) is 17.8 Å². The van der Waals surface area contributed by atoms with E-state index in [9.17, 15) is 4.39 Å². The Kier molecular flexibility index (Phi) is 5.48. The molecule has 0 aliphatic rings. The molecule has 2 heterocycles. The van der Waals surface area contributed by atoms with E-state index in [1.807, 2.05) is 0 Å². The van der Waals surface area contributed by atoms with Crippen LogP contribution in [0.1, 0.15) is 36.9 Å². The molecule has 0 aliphatic heterocycles. The van der Waals surface area contributed by atoms with Crippen LogP contribution < -0.4 is 5.32 Å². The van der Waals surface area contributed by atoms with E-state index in [2.05, 4.69) is 34.1 Å². The van der Waals surface area contributed by atoms with Gasteiger partial charge in [0.15, 0.2) is 0 Å². The van der Waals surface area contributed by atoms with Crippen LogP contribution in [0.25, 0.3) is 0 Å². The lowest BCUT2D eigenvalue weighted by Gasteiger charge is -2.19. The molecule has 4 heteroatoms. The summed E-state index contributed by atoms with van der Waals surface area (Å²) in [5.41, 5.74) is 2.04. The fraction of sp³-hybridized carbons (Fsp3) is 0.400. The maximum atomic E-state index is 13.8. The lowest BCUT2D eigenvalue weighted by Crippen LogP contribution is -2.23. The van der Waals surface area contributed by atoms with Gasteiger partial charge in [-0.15, -0.1) is 0 Å². The molecule has 1 atom stereocenters. The number of nitrogens with one attached hydrogen (secondary N) is 1. The van der Waals surface area contributed by atoms with Gasteiger partial charge < -0.3 is 5.32 Å². The van der Waals surface area contributed by atoms with E-state index in [1.165, 1.54) is 11.8 Å². The zero-order valence-corrected chi connectivity index (χ0v) is 11.9. The largest absolute Gasteiger partial charge is 0.310 e. The van der Waals surface area contributed by atoms with Crippen molar-refractivity contribution in [2.24, 2.45) is 0 Å². The van der Waals surface area contributed by atoms with Crippen molar-refractivity contribution in [2.45, 2.75) is 32.2 Å². The molecule has 0 aliphatic carbocycles. The van der Waals surface area contributed by atoms with E-state index in [4.69, 9.17) is 0 Å². The Morgan fingerprint density at radius 2 is 2.32 bits per heavy atom. The number of thiophene rings is 1. The number of rotatable bonds is 7. The minimum absolute atomic E-state index is 0.0582. The lowest BCUT2D eigenvalue weighted by atomic mass is 10.0. The van der Waals surface area contributed by atoms with Gasteiger partial charge in [-0.25, -0.2) is 4.39 Å². The second-order valence-corrected chi connectivity index (χ2v) is 5.35. The summed E-state index contributed by atoms with van der Waals surface area (Å²) in [6.07, 6.45) is 5.86. The molecule has 0 bridgehead atoms. The number of nitrogens with zero attached hydrogens (tertiary/aromatic N) is 1. The van der Waals surface area contributed by atoms with Crippen molar-refractivity contribution in [3.8, 4) is 0 Å². The average molecular weight is 278 g/mol. The molecule has 0 amide bonds. The molecule has 0 saturated carbocycles. The van der Waals surface area contributed by atoms with E-state index in [0.717, 1.165) is 31.4 Å². The summed E-state index contributed by atoms with van der Waals surface area (Å²) in [5.74, 6) is -0.221. The van der Waals surface area contributed by atoms with Crippen molar-refractivity contribution in [3.63, 3.8) is 0 Å². The Morgan fingerprint density at radius 1 is 1.42 bits per heavy atom. The third kappa shape index (κ3) is 4.11. The zero-order valence-electron chi connectivity index (χ0n) is 11.1. The molecule has 2 nitrogen and oxygen atoms in total. The maximum Gasteiger partial charge on any atom is 0.146 e. The first kappa shape index (κ1) is 14.2. The van der Waals surface area contributed by atoms with Gasteiger partial charge in [-0.3, -0.25) is 4.98 Å². The second kappa shape index (κ2) is 7.36. The standard InChI is InChI=1S/C15H19FN2S/c1-2-7-18-15(4-3-12-6-9-19-11-12)13-5-8-17-10-14(13)16/h5-6,8-11,15,18H,2-4,7H2,1H3. The molecule has 1 unspecified atom stereocenters. The first-order valence-electron chi connectivity index (χ1n) is 6.65. The van der Waals surface area contributed by atoms with Gasteiger partial charge in [0.05, 0.1) is 6.20 Å². The topological polar surface area (TPSA) is 24.9 Å². The Balaban J connectivity index is 2.05. The fourth-order valence-corrected chi connectivity index (χ4v) is 2.80. The lowest BCUT2D eigenvalue weighted by molar-refractivity contribution is 0.472. The highest BCUT2D eigenvalue weighted by molar-refractivity contribution is 7.07. The monoisotopic (exact) mass is 278 g/mol. The number of halogens is 1. The predicted molar refractivity (Wildman–Crippen MR) is 77.9 cm³/mol. The number of aromatic nitrogens is 1. The van der Waals surface area contributed by atoms with Crippen molar-refractivity contribution in [2.75, 3.05) is 6.54 Å². The first-order valence-corrected chi connectivity index (χ1v) is 7.59. The van der Waals surface area contributed by atoms with Crippen LogP contribution in [0.2, 0.25) is 0 Å². The minimum atomic E-state index is -0.221. The molecule has 0 spiro atoms. The van der Waals surface area contributed by atoms with Gasteiger partial charge in [0.1, 0.15) is 5.82 Å². The van der Waals surface area contributed by atoms with Gasteiger partial charge >= 0.3 is 0 Å². The van der Waals surface area contributed by atoms with Crippen molar-refractivity contribution in [3.05, 3.63) is 52.2 Å². The molecule has 2 rings (SSSR count). The van der Waals surface area contributed by atoms with Gasteiger partial charge in [0.25, 0.3) is 0 Å². The number of hydrogen-bond acceptors (Lipinski definition) is 3. The normalized spacial score (nSPS) is 12.5. The molecule has 102 valence electrons. The Hall–Kier alpha value is -1.26. The maximum absolute atomic E-state index is 13.8. The van der Waals surface area contributed by atoms with Gasteiger partial charge in [-0.1, -0.05) is 6.92 Å². The van der Waals surface area contributed by atoms with Crippen LogP contribution in [0, 0.1) is 5.82 Å². The number of pyridine rings is 1. The highest BCUT2D eigenvalue weighted by atomic mass is 32.1. The van der Waals surface area contributed by atoms with E-state index in [-0.39, 0.29) is 11.9 Å². The fourth-order valence-electron chi connectivity index (χ4n) is 2.10. The van der Waals surface area contributed by atoms with Gasteiger partial charge in [-0.05, 0) is 54.3 Å². The molecule has 0 saturated heterocycles. The summed E-state index contributed by atoms with van der Waals surface area (Å²) in [5, 5.41) is 7.66. The third-order valence-electron chi connectivity index (χ3n) is 3.12. The Labute approximate surface area is 117 Å². The first-order chi connectivity index (χ1) is 9.31. The molecule has 2 aromatic heterocycles. The highest BCUT2D eigenvalue weighted by Crippen LogP contribution is 2.22. The van der Waals surface area contributed by atoms with E-state index in [1.54, 1.807) is 23.6 Å². The summed E-state index contributed by atoms with van der Waals surface area (Å²) in [6, 6.07) is 3.96. The number of hydrogen-bond donors (Lipinski definition) is 1. The van der Waals surface area contributed by atoms with Crippen LogP contribution in [0.15, 0.2) is 35.3 Å². The molecular formula is C15H19FN2S. The van der Waals surface area contributed by atoms with Crippen molar-refractivity contribution in [1.82, 2.24) is 10.3 Å². The van der Waals surface area contributed by atoms with Crippen molar-refractivity contribution < 1.29 is 4.39 Å². The van der Waals surface area contributed by atoms with Crippen LogP contribution in [-0.4, -0.2) is 11.5 Å². The molecular weight excluding hydrogens is 259 g/mol. The second-order valence-electron chi connectivity index (χ2n) is 4.57. The molecule has 2 aromatic rings. The predicted octanol–water partition coefficient (Wildman–Crippen LogP) is 3.96. The summed E-state index contributed by atoms with van der Waals surface area (Å²) in [7, 11) is 0. The van der Waals surface area contributed by atoms with E-state index < -0.39 is 0 Å². The zero-order chi connectivity index (χ0) is 13.5. The van der Waals surface area contributed by atoms with Crippen LogP contribution in [-0.2, 0) is 6.42 Å². The van der Waals surface area contributed by atoms with Gasteiger partial charge in [0.2, 0.25) is 0 Å². The molecule has 0 aromatic carbocycles. The Bertz CT molecular complexity index is 485. The van der Waals surface area contributed by atoms with E-state index in [0.29, 0.717) is 0 Å². The van der Waals surface area contributed by atoms with Crippen LogP contribution >= 0.6 is 11.3 Å². The van der Waals surface area contributed by atoms with E-state index >= 15 is 0 Å². The molecule has 1 N–H and O–H groups in total. The SMILES string of the molecule is CCCNC(CCc1ccsc1)c1ccncc1F. The van der Waals surface area contributed by atoms with Gasteiger partial charge in [-0.2, -0.15) is 11.3 Å². The summed E-state index contributed by atoms with van der Waals surface area (Å²) in [6.45, 7) is 3.02. The van der Waals surface area contributed by atoms with Crippen LogP contribution in [0.3, 0.4) is 0 Å².